The molecule has 3 N–H and O–H groups in total. The fourth-order valence-corrected chi connectivity index (χ4v) is 11.4. The third-order valence-electron chi connectivity index (χ3n) is 15.6. The third-order valence-corrected chi connectivity index (χ3v) is 17.5. The number of rotatable bonds is 65. The minimum atomic E-state index is -4.95. The number of carbonyl (C=O) groups excluding carboxylic acids is 4. The van der Waals surface area contributed by atoms with Crippen LogP contribution >= 0.6 is 15.6 Å². The molecule has 0 radical (unpaired) electrons. The number of hydrogen-bond acceptors (Lipinski definition) is 15. The van der Waals surface area contributed by atoms with Crippen molar-refractivity contribution in [1.29, 1.82) is 0 Å². The first-order chi connectivity index (χ1) is 40.9. The molecule has 0 saturated heterocycles. The van der Waals surface area contributed by atoms with Crippen LogP contribution in [0.15, 0.2) is 0 Å². The summed E-state index contributed by atoms with van der Waals surface area (Å²) >= 11 is 0. The van der Waals surface area contributed by atoms with E-state index in [9.17, 15) is 43.2 Å². The third kappa shape index (κ3) is 59.5. The Morgan fingerprint density at radius 1 is 0.341 bits per heavy atom. The molecule has 0 aromatic rings. The summed E-state index contributed by atoms with van der Waals surface area (Å²) in [6, 6.07) is 0. The molecule has 0 amide bonds. The zero-order valence-corrected chi connectivity index (χ0v) is 56.7. The van der Waals surface area contributed by atoms with Gasteiger partial charge in [0.25, 0.3) is 0 Å². The molecule has 0 heterocycles. The number of aliphatic hydroxyl groups excluding tert-OH is 1. The lowest BCUT2D eigenvalue weighted by Gasteiger charge is -2.21. The number of phosphoric acid groups is 2. The van der Waals surface area contributed by atoms with Crippen LogP contribution in [0, 0.1) is 11.8 Å². The van der Waals surface area contributed by atoms with Gasteiger partial charge in [-0.05, 0) is 37.5 Å². The van der Waals surface area contributed by atoms with Gasteiger partial charge in [0, 0.05) is 25.7 Å². The van der Waals surface area contributed by atoms with Crippen LogP contribution in [0.3, 0.4) is 0 Å². The van der Waals surface area contributed by atoms with Crippen molar-refractivity contribution in [3.63, 3.8) is 0 Å². The highest BCUT2D eigenvalue weighted by atomic mass is 31.2. The van der Waals surface area contributed by atoms with E-state index < -0.39 is 97.5 Å². The van der Waals surface area contributed by atoms with E-state index in [-0.39, 0.29) is 25.7 Å². The largest absolute Gasteiger partial charge is 0.472 e. The molecule has 0 aromatic heterocycles. The van der Waals surface area contributed by atoms with Crippen molar-refractivity contribution in [3.8, 4) is 0 Å². The van der Waals surface area contributed by atoms with Crippen molar-refractivity contribution in [3.05, 3.63) is 0 Å². The van der Waals surface area contributed by atoms with E-state index in [1.165, 1.54) is 148 Å². The Kier molecular flexibility index (Phi) is 57.1. The van der Waals surface area contributed by atoms with Gasteiger partial charge in [-0.2, -0.15) is 0 Å². The van der Waals surface area contributed by atoms with Crippen LogP contribution in [0.2, 0.25) is 0 Å². The van der Waals surface area contributed by atoms with Gasteiger partial charge in [-0.15, -0.1) is 0 Å². The number of ether oxygens (including phenoxy) is 4. The van der Waals surface area contributed by atoms with Gasteiger partial charge in [-0.1, -0.05) is 279 Å². The van der Waals surface area contributed by atoms with Crippen LogP contribution in [-0.4, -0.2) is 96.7 Å². The maximum atomic E-state index is 13.0. The Morgan fingerprint density at radius 2 is 0.600 bits per heavy atom. The van der Waals surface area contributed by atoms with Crippen molar-refractivity contribution in [2.75, 3.05) is 39.6 Å². The zero-order valence-electron chi connectivity index (χ0n) is 54.9. The summed E-state index contributed by atoms with van der Waals surface area (Å²) in [6.07, 6.45) is 41.7. The lowest BCUT2D eigenvalue weighted by molar-refractivity contribution is -0.161. The Labute approximate surface area is 517 Å². The smallest absolute Gasteiger partial charge is 0.462 e. The quantitative estimate of drug-likeness (QED) is 0.0222. The van der Waals surface area contributed by atoms with Crippen molar-refractivity contribution in [1.82, 2.24) is 0 Å². The molecule has 0 aliphatic carbocycles. The van der Waals surface area contributed by atoms with Crippen molar-refractivity contribution in [2.24, 2.45) is 11.8 Å². The second kappa shape index (κ2) is 58.4. The van der Waals surface area contributed by atoms with Gasteiger partial charge in [0.1, 0.15) is 19.3 Å². The predicted octanol–water partition coefficient (Wildman–Crippen LogP) is 18.4. The first-order valence-electron chi connectivity index (χ1n) is 34.5. The second-order valence-corrected chi connectivity index (χ2v) is 27.5. The van der Waals surface area contributed by atoms with Gasteiger partial charge >= 0.3 is 39.5 Å². The molecular weight excluding hydrogens is 1130 g/mol. The number of esters is 4. The first-order valence-corrected chi connectivity index (χ1v) is 37.5. The molecule has 0 bridgehead atoms. The molecule has 0 aliphatic rings. The van der Waals surface area contributed by atoms with Gasteiger partial charge in [0.15, 0.2) is 12.2 Å². The summed E-state index contributed by atoms with van der Waals surface area (Å²) in [4.78, 5) is 72.3. The van der Waals surface area contributed by atoms with E-state index in [2.05, 4.69) is 41.5 Å². The number of aliphatic hydroxyl groups is 1. The summed E-state index contributed by atoms with van der Waals surface area (Å²) in [5, 5.41) is 10.5. The summed E-state index contributed by atoms with van der Waals surface area (Å²) in [7, 11) is -9.89. The topological polar surface area (TPSA) is 237 Å². The van der Waals surface area contributed by atoms with Crippen LogP contribution < -0.4 is 0 Å². The van der Waals surface area contributed by atoms with Crippen LogP contribution in [0.5, 0.6) is 0 Å². The van der Waals surface area contributed by atoms with Crippen molar-refractivity contribution < 1.29 is 80.2 Å². The second-order valence-electron chi connectivity index (χ2n) is 24.6. The van der Waals surface area contributed by atoms with Gasteiger partial charge in [0.05, 0.1) is 26.4 Å². The number of unbranched alkanes of at least 4 members (excludes halogenated alkanes) is 34. The van der Waals surface area contributed by atoms with Gasteiger partial charge in [0.2, 0.25) is 0 Å². The molecule has 3 unspecified atom stereocenters. The average Bonchev–Trinajstić information content (AvgIpc) is 3.52. The number of carbonyl (C=O) groups is 4. The zero-order chi connectivity index (χ0) is 62.9. The summed E-state index contributed by atoms with van der Waals surface area (Å²) in [5.41, 5.74) is 0. The SMILES string of the molecule is CCCCCCCCCCCCCCCC(=O)OC[C@H](COP(=O)(O)OC[C@@H](O)COP(=O)(O)OC[C@@H](COC(=O)CCCCCCCCCCC)OC(=O)CCCCCCCCC(C)C)OC(=O)CCCCCCCCCCCCC(C)CC. The highest BCUT2D eigenvalue weighted by Gasteiger charge is 2.30. The molecule has 0 fully saturated rings. The molecule has 0 spiro atoms. The van der Waals surface area contributed by atoms with Crippen LogP contribution in [0.4, 0.5) is 0 Å². The van der Waals surface area contributed by atoms with Crippen LogP contribution in [0.25, 0.3) is 0 Å². The predicted molar refractivity (Wildman–Crippen MR) is 340 cm³/mol. The Morgan fingerprint density at radius 3 is 0.894 bits per heavy atom. The van der Waals surface area contributed by atoms with Gasteiger partial charge < -0.3 is 33.8 Å². The molecule has 0 aromatic carbocycles. The maximum absolute atomic E-state index is 13.0. The Balaban J connectivity index is 5.23. The van der Waals surface area contributed by atoms with Gasteiger partial charge in [-0.3, -0.25) is 37.3 Å². The van der Waals surface area contributed by atoms with E-state index in [4.69, 9.17) is 37.0 Å². The van der Waals surface area contributed by atoms with E-state index in [0.29, 0.717) is 31.6 Å². The summed E-state index contributed by atoms with van der Waals surface area (Å²) in [6.45, 7) is 9.43. The minimum absolute atomic E-state index is 0.102. The molecule has 0 aliphatic heterocycles. The van der Waals surface area contributed by atoms with Crippen molar-refractivity contribution in [2.45, 2.75) is 349 Å². The molecule has 0 rings (SSSR count). The summed E-state index contributed by atoms with van der Waals surface area (Å²) in [5.74, 6) is -0.662. The first kappa shape index (κ1) is 83.1. The fourth-order valence-electron chi connectivity index (χ4n) is 9.85. The molecule has 17 nitrogen and oxygen atoms in total. The highest BCUT2D eigenvalue weighted by Crippen LogP contribution is 2.45. The fraction of sp³-hybridized carbons (Fsp3) is 0.939. The van der Waals surface area contributed by atoms with E-state index in [1.54, 1.807) is 0 Å². The normalized spacial score (nSPS) is 14.6. The maximum Gasteiger partial charge on any atom is 0.472 e. The van der Waals surface area contributed by atoms with Crippen molar-refractivity contribution >= 4 is 39.5 Å². The lowest BCUT2D eigenvalue weighted by atomic mass is 9.99. The van der Waals surface area contributed by atoms with Crippen LogP contribution in [-0.2, 0) is 65.4 Å². The lowest BCUT2D eigenvalue weighted by Crippen LogP contribution is -2.30. The highest BCUT2D eigenvalue weighted by molar-refractivity contribution is 7.47. The van der Waals surface area contributed by atoms with E-state index >= 15 is 0 Å². The number of hydrogen-bond donors (Lipinski definition) is 3. The number of phosphoric ester groups is 2. The monoisotopic (exact) mass is 1250 g/mol. The van der Waals surface area contributed by atoms with E-state index in [0.717, 1.165) is 95.8 Å². The van der Waals surface area contributed by atoms with E-state index in [1.807, 2.05) is 0 Å². The standard InChI is InChI=1S/C66H128O17P2/c1-7-10-12-14-16-18-19-20-21-26-30-37-43-49-64(69)77-54-61(82-65(70)50-44-38-31-27-23-22-25-28-35-41-47-59(6)9-3)56-80-84(72,73)78-52-60(67)53-79-85(74,75)81-57-62(83-66(71)51-45-39-33-32-34-40-46-58(4)5)55-76-63(68)48-42-36-29-24-17-15-13-11-8-2/h58-62,67H,7-57H2,1-6H3,(H,72,73)(H,74,75)/t59?,60-,61-,62-/m1/s1. The molecule has 504 valence electrons. The molecular formula is C66H128O17P2. The summed E-state index contributed by atoms with van der Waals surface area (Å²) < 4.78 is 68.0. The minimum Gasteiger partial charge on any atom is -0.462 e. The Hall–Kier alpha value is -1.94. The molecule has 6 atom stereocenters. The molecule has 19 heteroatoms. The molecule has 85 heavy (non-hydrogen) atoms. The molecule has 0 saturated carbocycles. The van der Waals surface area contributed by atoms with Crippen LogP contribution in [0.1, 0.15) is 330 Å². The van der Waals surface area contributed by atoms with Gasteiger partial charge in [-0.25, -0.2) is 9.13 Å². The Bertz CT molecular complexity index is 1670. The average molecular weight is 1260 g/mol.